The van der Waals surface area contributed by atoms with Gasteiger partial charge in [0.15, 0.2) is 0 Å². The number of rotatable bonds is 1. The number of nitrogens with one attached hydrogen (secondary N) is 1. The van der Waals surface area contributed by atoms with E-state index in [4.69, 9.17) is 4.74 Å². The van der Waals surface area contributed by atoms with Crippen molar-refractivity contribution in [3.8, 4) is 0 Å². The van der Waals surface area contributed by atoms with E-state index in [0.29, 0.717) is 6.23 Å². The monoisotopic (exact) mass is 160 g/mol. The lowest BCUT2D eigenvalue weighted by molar-refractivity contribution is 0.0422. The molecule has 2 saturated heterocycles. The predicted octanol–water partition coefficient (Wildman–Crippen LogP) is 0.244. The van der Waals surface area contributed by atoms with Crippen LogP contribution >= 0.6 is 11.9 Å². The fourth-order valence-electron chi connectivity index (χ4n) is 1.28. The van der Waals surface area contributed by atoms with E-state index in [1.807, 2.05) is 11.9 Å². The van der Waals surface area contributed by atoms with Crippen molar-refractivity contribution in [1.29, 1.82) is 0 Å². The van der Waals surface area contributed by atoms with Crippen LogP contribution in [0.4, 0.5) is 0 Å². The minimum absolute atomic E-state index is 0.340. The van der Waals surface area contributed by atoms with Gasteiger partial charge in [0, 0.05) is 18.8 Å². The van der Waals surface area contributed by atoms with Crippen LogP contribution in [0.2, 0.25) is 0 Å². The average Bonchev–Trinajstić information content (AvgIpc) is 2.59. The van der Waals surface area contributed by atoms with Gasteiger partial charge in [-0.05, 0) is 6.42 Å². The fraction of sp³-hybridized carbons (Fsp3) is 1.00. The van der Waals surface area contributed by atoms with Gasteiger partial charge in [0.2, 0.25) is 0 Å². The Balaban J connectivity index is 1.85. The standard InChI is InChI=1S/C6H12N2OS/c1-2-8(10-3-1)6-4-7-5-9-6/h6-7H,1-5H2. The molecule has 3 nitrogen and oxygen atoms in total. The zero-order valence-electron chi connectivity index (χ0n) is 5.88. The zero-order chi connectivity index (χ0) is 6.81. The van der Waals surface area contributed by atoms with E-state index in [9.17, 15) is 0 Å². The first-order chi connectivity index (χ1) is 4.97. The van der Waals surface area contributed by atoms with Crippen molar-refractivity contribution in [2.24, 2.45) is 0 Å². The molecule has 4 heteroatoms. The van der Waals surface area contributed by atoms with Gasteiger partial charge in [-0.3, -0.25) is 5.32 Å². The van der Waals surface area contributed by atoms with Crippen LogP contribution in [-0.2, 0) is 4.74 Å². The number of ether oxygens (including phenoxy) is 1. The summed E-state index contributed by atoms with van der Waals surface area (Å²) in [5.41, 5.74) is 0. The SMILES string of the molecule is C1CSN(C2CNCO2)C1. The first-order valence-corrected chi connectivity index (χ1v) is 4.63. The van der Waals surface area contributed by atoms with Crippen molar-refractivity contribution in [3.63, 3.8) is 0 Å². The van der Waals surface area contributed by atoms with E-state index in [-0.39, 0.29) is 0 Å². The Morgan fingerprint density at radius 3 is 3.20 bits per heavy atom. The second-order valence-electron chi connectivity index (χ2n) is 2.55. The molecule has 0 aromatic rings. The summed E-state index contributed by atoms with van der Waals surface area (Å²) in [7, 11) is 0. The fourth-order valence-corrected chi connectivity index (χ4v) is 2.33. The van der Waals surface area contributed by atoms with Crippen LogP contribution in [0.5, 0.6) is 0 Å². The molecular weight excluding hydrogens is 148 g/mol. The molecule has 58 valence electrons. The van der Waals surface area contributed by atoms with E-state index in [1.54, 1.807) is 0 Å². The summed E-state index contributed by atoms with van der Waals surface area (Å²) in [4.78, 5) is 0. The second-order valence-corrected chi connectivity index (χ2v) is 3.68. The smallest absolute Gasteiger partial charge is 0.133 e. The Morgan fingerprint density at radius 1 is 1.60 bits per heavy atom. The Labute approximate surface area is 65.2 Å². The molecule has 1 unspecified atom stereocenters. The van der Waals surface area contributed by atoms with Gasteiger partial charge in [-0.1, -0.05) is 11.9 Å². The number of nitrogens with zero attached hydrogens (tertiary/aromatic N) is 1. The zero-order valence-corrected chi connectivity index (χ0v) is 6.69. The van der Waals surface area contributed by atoms with Crippen LogP contribution in [0.1, 0.15) is 6.42 Å². The Hall–Kier alpha value is 0.230. The Morgan fingerprint density at radius 2 is 2.60 bits per heavy atom. The maximum atomic E-state index is 5.43. The average molecular weight is 160 g/mol. The van der Waals surface area contributed by atoms with Crippen LogP contribution in [0, 0.1) is 0 Å². The highest BCUT2D eigenvalue weighted by Gasteiger charge is 2.25. The maximum absolute atomic E-state index is 5.43. The first-order valence-electron chi connectivity index (χ1n) is 3.69. The molecule has 2 aliphatic heterocycles. The maximum Gasteiger partial charge on any atom is 0.133 e. The molecular formula is C6H12N2OS. The molecule has 0 aromatic heterocycles. The summed E-state index contributed by atoms with van der Waals surface area (Å²) < 4.78 is 7.76. The highest BCUT2D eigenvalue weighted by Crippen LogP contribution is 2.24. The predicted molar refractivity (Wildman–Crippen MR) is 41.5 cm³/mol. The number of hydrogen-bond donors (Lipinski definition) is 1. The van der Waals surface area contributed by atoms with Crippen molar-refractivity contribution in [2.45, 2.75) is 12.6 Å². The van der Waals surface area contributed by atoms with E-state index >= 15 is 0 Å². The van der Waals surface area contributed by atoms with Gasteiger partial charge in [-0.15, -0.1) is 0 Å². The minimum atomic E-state index is 0.340. The molecule has 0 amide bonds. The number of hydrogen-bond acceptors (Lipinski definition) is 4. The van der Waals surface area contributed by atoms with Gasteiger partial charge in [0.05, 0.1) is 6.73 Å². The third kappa shape index (κ3) is 1.29. The quantitative estimate of drug-likeness (QED) is 0.555. The van der Waals surface area contributed by atoms with E-state index in [2.05, 4.69) is 9.62 Å². The third-order valence-electron chi connectivity index (χ3n) is 1.80. The normalized spacial score (nSPS) is 35.4. The highest BCUT2D eigenvalue weighted by atomic mass is 32.2. The Bertz CT molecular complexity index is 96.3. The van der Waals surface area contributed by atoms with Crippen molar-refractivity contribution < 1.29 is 4.74 Å². The van der Waals surface area contributed by atoms with Crippen LogP contribution in [-0.4, -0.2) is 36.1 Å². The molecule has 1 atom stereocenters. The molecule has 2 heterocycles. The van der Waals surface area contributed by atoms with E-state index in [0.717, 1.165) is 13.3 Å². The molecule has 10 heavy (non-hydrogen) atoms. The molecule has 0 spiro atoms. The molecule has 0 bridgehead atoms. The van der Waals surface area contributed by atoms with Crippen molar-refractivity contribution >= 4 is 11.9 Å². The van der Waals surface area contributed by atoms with E-state index < -0.39 is 0 Å². The molecule has 0 radical (unpaired) electrons. The van der Waals surface area contributed by atoms with Crippen LogP contribution in [0.3, 0.4) is 0 Å². The summed E-state index contributed by atoms with van der Waals surface area (Å²) in [5.74, 6) is 1.26. The molecule has 2 aliphatic rings. The van der Waals surface area contributed by atoms with Gasteiger partial charge >= 0.3 is 0 Å². The third-order valence-corrected chi connectivity index (χ3v) is 3.02. The van der Waals surface area contributed by atoms with Gasteiger partial charge < -0.3 is 4.74 Å². The van der Waals surface area contributed by atoms with E-state index in [1.165, 1.54) is 18.7 Å². The largest absolute Gasteiger partial charge is 0.346 e. The van der Waals surface area contributed by atoms with Crippen LogP contribution in [0.15, 0.2) is 0 Å². The lowest BCUT2D eigenvalue weighted by Gasteiger charge is -2.19. The van der Waals surface area contributed by atoms with Crippen molar-refractivity contribution in [2.75, 3.05) is 25.6 Å². The van der Waals surface area contributed by atoms with Crippen molar-refractivity contribution in [3.05, 3.63) is 0 Å². The van der Waals surface area contributed by atoms with Gasteiger partial charge in [-0.25, -0.2) is 4.31 Å². The highest BCUT2D eigenvalue weighted by molar-refractivity contribution is 7.97. The van der Waals surface area contributed by atoms with Gasteiger partial charge in [0.25, 0.3) is 0 Å². The summed E-state index contributed by atoms with van der Waals surface area (Å²) >= 11 is 1.91. The second kappa shape index (κ2) is 3.09. The molecule has 0 aromatic carbocycles. The first kappa shape index (κ1) is 6.91. The van der Waals surface area contributed by atoms with Crippen LogP contribution in [0.25, 0.3) is 0 Å². The van der Waals surface area contributed by atoms with Crippen molar-refractivity contribution in [1.82, 2.24) is 9.62 Å². The minimum Gasteiger partial charge on any atom is -0.346 e. The lowest BCUT2D eigenvalue weighted by atomic mass is 10.4. The molecule has 2 rings (SSSR count). The summed E-state index contributed by atoms with van der Waals surface area (Å²) in [6, 6.07) is 0. The Kier molecular flexibility index (Phi) is 2.13. The molecule has 0 aliphatic carbocycles. The summed E-state index contributed by atoms with van der Waals surface area (Å²) in [6.45, 7) is 2.91. The molecule has 2 fully saturated rings. The summed E-state index contributed by atoms with van der Waals surface area (Å²) in [6.07, 6.45) is 1.65. The summed E-state index contributed by atoms with van der Waals surface area (Å²) in [5, 5.41) is 3.17. The topological polar surface area (TPSA) is 24.5 Å². The molecule has 0 saturated carbocycles. The lowest BCUT2D eigenvalue weighted by Crippen LogP contribution is -2.30. The van der Waals surface area contributed by atoms with Crippen LogP contribution < -0.4 is 5.32 Å². The molecule has 1 N–H and O–H groups in total. The van der Waals surface area contributed by atoms with Gasteiger partial charge in [-0.2, -0.15) is 0 Å². The van der Waals surface area contributed by atoms with Gasteiger partial charge in [0.1, 0.15) is 6.23 Å².